The highest BCUT2D eigenvalue weighted by Gasteiger charge is 2.06. The minimum absolute atomic E-state index is 0.681. The molecule has 1 N–H and O–H groups in total. The van der Waals surface area contributed by atoms with Crippen molar-refractivity contribution in [2.75, 3.05) is 5.75 Å². The molecule has 0 radical (unpaired) electrons. The largest absolute Gasteiger partial charge is 0.461 e. The Hall–Kier alpha value is -1.23. The number of hydrogen-bond acceptors (Lipinski definition) is 4. The lowest BCUT2D eigenvalue weighted by molar-refractivity contribution is 0.577. The topological polar surface area (TPSA) is 54.7 Å². The average Bonchev–Trinajstić information content (AvgIpc) is 2.70. The summed E-state index contributed by atoms with van der Waals surface area (Å²) in [5.74, 6) is 2.37. The monoisotopic (exact) mass is 195 g/mol. The van der Waals surface area contributed by atoms with E-state index in [9.17, 15) is 0 Å². The molecular formula is C8H9N3OS. The van der Waals surface area contributed by atoms with Crippen LogP contribution in [0, 0.1) is 0 Å². The molecule has 0 unspecified atom stereocenters. The van der Waals surface area contributed by atoms with Crippen molar-refractivity contribution >= 4 is 11.8 Å². The second-order valence-electron chi connectivity index (χ2n) is 2.38. The summed E-state index contributed by atoms with van der Waals surface area (Å²) in [5.41, 5.74) is 0. The molecule has 0 atom stereocenters. The van der Waals surface area contributed by atoms with Gasteiger partial charge in [-0.2, -0.15) is 4.98 Å². The van der Waals surface area contributed by atoms with Crippen LogP contribution in [-0.4, -0.2) is 20.9 Å². The van der Waals surface area contributed by atoms with E-state index >= 15 is 0 Å². The third-order valence-corrected chi connectivity index (χ3v) is 2.22. The van der Waals surface area contributed by atoms with Gasteiger partial charge in [-0.05, 0) is 17.9 Å². The first kappa shape index (κ1) is 8.37. The second kappa shape index (κ2) is 3.66. The molecule has 68 valence electrons. The van der Waals surface area contributed by atoms with E-state index in [0.717, 1.165) is 16.7 Å². The van der Waals surface area contributed by atoms with Crippen molar-refractivity contribution in [2.45, 2.75) is 12.1 Å². The van der Waals surface area contributed by atoms with E-state index in [0.29, 0.717) is 5.82 Å². The average molecular weight is 195 g/mol. The number of rotatable bonds is 3. The van der Waals surface area contributed by atoms with Gasteiger partial charge in [0.05, 0.1) is 6.26 Å². The van der Waals surface area contributed by atoms with Gasteiger partial charge in [0.15, 0.2) is 11.6 Å². The van der Waals surface area contributed by atoms with Crippen LogP contribution in [0.15, 0.2) is 28.0 Å². The number of furan rings is 1. The number of thioether (sulfide) groups is 1. The third kappa shape index (κ3) is 1.75. The lowest BCUT2D eigenvalue weighted by atomic mass is 10.4. The zero-order chi connectivity index (χ0) is 9.10. The Morgan fingerprint density at radius 2 is 2.54 bits per heavy atom. The van der Waals surface area contributed by atoms with Crippen molar-refractivity contribution in [3.8, 4) is 11.6 Å². The number of aromatic amines is 1. The van der Waals surface area contributed by atoms with Gasteiger partial charge in [-0.3, -0.25) is 5.10 Å². The molecule has 2 aromatic heterocycles. The van der Waals surface area contributed by atoms with Gasteiger partial charge in [0.1, 0.15) is 0 Å². The standard InChI is InChI=1S/C8H9N3OS/c1-2-13-8-9-7(10-11-8)6-4-3-5-12-6/h3-5H,2H2,1H3,(H,9,10,11). The molecule has 2 aromatic rings. The number of H-pyrrole nitrogens is 1. The first-order valence-corrected chi connectivity index (χ1v) is 4.98. The van der Waals surface area contributed by atoms with Gasteiger partial charge in [0.25, 0.3) is 0 Å². The minimum Gasteiger partial charge on any atom is -0.461 e. The molecule has 0 bridgehead atoms. The Labute approximate surface area is 79.8 Å². The van der Waals surface area contributed by atoms with Gasteiger partial charge in [0.2, 0.25) is 5.16 Å². The van der Waals surface area contributed by atoms with Gasteiger partial charge < -0.3 is 4.42 Å². The summed E-state index contributed by atoms with van der Waals surface area (Å²) in [6, 6.07) is 3.67. The van der Waals surface area contributed by atoms with Crippen molar-refractivity contribution < 1.29 is 4.42 Å². The molecule has 13 heavy (non-hydrogen) atoms. The van der Waals surface area contributed by atoms with Gasteiger partial charge in [0, 0.05) is 0 Å². The smallest absolute Gasteiger partial charge is 0.208 e. The normalized spacial score (nSPS) is 10.5. The van der Waals surface area contributed by atoms with Gasteiger partial charge in [-0.1, -0.05) is 18.7 Å². The predicted molar refractivity (Wildman–Crippen MR) is 50.5 cm³/mol. The van der Waals surface area contributed by atoms with Gasteiger partial charge in [-0.25, -0.2) is 0 Å². The highest BCUT2D eigenvalue weighted by atomic mass is 32.2. The van der Waals surface area contributed by atoms with Crippen LogP contribution in [0.5, 0.6) is 0 Å². The second-order valence-corrected chi connectivity index (χ2v) is 3.61. The van der Waals surface area contributed by atoms with Crippen molar-refractivity contribution in [3.05, 3.63) is 18.4 Å². The van der Waals surface area contributed by atoms with Crippen LogP contribution in [0.3, 0.4) is 0 Å². The molecule has 0 aliphatic heterocycles. The fourth-order valence-corrected chi connectivity index (χ4v) is 1.49. The van der Waals surface area contributed by atoms with Crippen molar-refractivity contribution in [2.24, 2.45) is 0 Å². The predicted octanol–water partition coefficient (Wildman–Crippen LogP) is 2.18. The molecule has 4 nitrogen and oxygen atoms in total. The molecule has 0 aliphatic rings. The molecule has 0 aliphatic carbocycles. The Kier molecular flexibility index (Phi) is 2.35. The lowest BCUT2D eigenvalue weighted by Gasteiger charge is -1.86. The van der Waals surface area contributed by atoms with Crippen LogP contribution in [0.2, 0.25) is 0 Å². The maximum atomic E-state index is 5.17. The van der Waals surface area contributed by atoms with E-state index in [1.54, 1.807) is 18.0 Å². The summed E-state index contributed by atoms with van der Waals surface area (Å²) in [7, 11) is 0. The minimum atomic E-state index is 0.681. The zero-order valence-corrected chi connectivity index (χ0v) is 7.97. The van der Waals surface area contributed by atoms with Gasteiger partial charge >= 0.3 is 0 Å². The molecule has 0 fully saturated rings. The van der Waals surface area contributed by atoms with E-state index in [4.69, 9.17) is 4.42 Å². The molecule has 0 aromatic carbocycles. The summed E-state index contributed by atoms with van der Waals surface area (Å²) >= 11 is 1.60. The number of nitrogens with one attached hydrogen (secondary N) is 1. The Morgan fingerprint density at radius 3 is 3.23 bits per heavy atom. The van der Waals surface area contributed by atoms with Crippen molar-refractivity contribution in [1.82, 2.24) is 15.2 Å². The van der Waals surface area contributed by atoms with E-state index in [-0.39, 0.29) is 0 Å². The van der Waals surface area contributed by atoms with Crippen LogP contribution in [0.1, 0.15) is 6.92 Å². The summed E-state index contributed by atoms with van der Waals surface area (Å²) in [6.45, 7) is 2.06. The third-order valence-electron chi connectivity index (χ3n) is 1.49. The molecular weight excluding hydrogens is 186 g/mol. The van der Waals surface area contributed by atoms with Crippen molar-refractivity contribution in [3.63, 3.8) is 0 Å². The van der Waals surface area contributed by atoms with E-state index in [1.165, 1.54) is 0 Å². The number of aromatic nitrogens is 3. The fourth-order valence-electron chi connectivity index (χ4n) is 0.964. The highest BCUT2D eigenvalue weighted by molar-refractivity contribution is 7.99. The summed E-state index contributed by atoms with van der Waals surface area (Å²) in [4.78, 5) is 4.24. The Balaban J connectivity index is 2.23. The Morgan fingerprint density at radius 1 is 1.62 bits per heavy atom. The first-order chi connectivity index (χ1) is 6.40. The quantitative estimate of drug-likeness (QED) is 0.762. The maximum absolute atomic E-state index is 5.17. The van der Waals surface area contributed by atoms with Crippen molar-refractivity contribution in [1.29, 1.82) is 0 Å². The molecule has 2 rings (SSSR count). The molecule has 0 spiro atoms. The number of nitrogens with zero attached hydrogens (tertiary/aromatic N) is 2. The van der Waals surface area contributed by atoms with E-state index in [2.05, 4.69) is 22.1 Å². The number of hydrogen-bond donors (Lipinski definition) is 1. The maximum Gasteiger partial charge on any atom is 0.208 e. The fraction of sp³-hybridized carbons (Fsp3) is 0.250. The molecule has 0 amide bonds. The van der Waals surface area contributed by atoms with Gasteiger partial charge in [-0.15, -0.1) is 5.10 Å². The lowest BCUT2D eigenvalue weighted by Crippen LogP contribution is -1.75. The molecule has 0 saturated carbocycles. The van der Waals surface area contributed by atoms with Crippen LogP contribution in [0.25, 0.3) is 11.6 Å². The van der Waals surface area contributed by atoms with E-state index in [1.807, 2.05) is 12.1 Å². The highest BCUT2D eigenvalue weighted by Crippen LogP contribution is 2.18. The zero-order valence-electron chi connectivity index (χ0n) is 7.15. The first-order valence-electron chi connectivity index (χ1n) is 3.99. The summed E-state index contributed by atoms with van der Waals surface area (Å²) in [5, 5.41) is 7.60. The van der Waals surface area contributed by atoms with Crippen LogP contribution in [-0.2, 0) is 0 Å². The molecule has 5 heteroatoms. The summed E-state index contributed by atoms with van der Waals surface area (Å²) in [6.07, 6.45) is 1.62. The SMILES string of the molecule is CCSc1n[nH]c(-c2ccco2)n1. The summed E-state index contributed by atoms with van der Waals surface area (Å²) < 4.78 is 5.17. The van der Waals surface area contributed by atoms with Crippen LogP contribution >= 0.6 is 11.8 Å². The van der Waals surface area contributed by atoms with E-state index < -0.39 is 0 Å². The Bertz CT molecular complexity index is 368. The van der Waals surface area contributed by atoms with Crippen LogP contribution in [0.4, 0.5) is 0 Å². The molecule has 2 heterocycles. The molecule has 0 saturated heterocycles. The van der Waals surface area contributed by atoms with Crippen LogP contribution < -0.4 is 0 Å².